The van der Waals surface area contributed by atoms with Gasteiger partial charge < -0.3 is 4.90 Å². The van der Waals surface area contributed by atoms with Gasteiger partial charge in [0.1, 0.15) is 0 Å². The summed E-state index contributed by atoms with van der Waals surface area (Å²) in [6, 6.07) is 84.7. The van der Waals surface area contributed by atoms with Gasteiger partial charge in [-0.15, -0.1) is 0 Å². The summed E-state index contributed by atoms with van der Waals surface area (Å²) in [4.78, 5) is 7.07. The van der Waals surface area contributed by atoms with Crippen molar-refractivity contribution < 1.29 is 0 Å². The van der Waals surface area contributed by atoms with Gasteiger partial charge in [-0.25, -0.2) is 0 Å². The lowest BCUT2D eigenvalue weighted by Crippen LogP contribution is -2.16. The second kappa shape index (κ2) is 16.0. The predicted molar refractivity (Wildman–Crippen MR) is 279 cm³/mol. The summed E-state index contributed by atoms with van der Waals surface area (Å²) in [5.41, 5.74) is 20.1. The topological polar surface area (TPSA) is 16.1 Å². The molecule has 0 spiro atoms. The van der Waals surface area contributed by atoms with Crippen molar-refractivity contribution in [3.63, 3.8) is 0 Å². The van der Waals surface area contributed by atoms with Crippen molar-refractivity contribution >= 4 is 38.6 Å². The van der Waals surface area contributed by atoms with E-state index in [1.807, 2.05) is 18.5 Å². The fraction of sp³-hybridized carbons (Fsp3) is 0.0469. The largest absolute Gasteiger partial charge is 0.309 e. The fourth-order valence-electron chi connectivity index (χ4n) is 10.7. The van der Waals surface area contributed by atoms with Crippen LogP contribution in [0.5, 0.6) is 0 Å². The molecule has 11 aromatic rings. The number of hydrogen-bond donors (Lipinski definition) is 0. The molecule has 0 bridgehead atoms. The van der Waals surface area contributed by atoms with Crippen LogP contribution in [0.3, 0.4) is 0 Å². The minimum absolute atomic E-state index is 0.120. The van der Waals surface area contributed by atoms with Gasteiger partial charge >= 0.3 is 0 Å². The van der Waals surface area contributed by atoms with Crippen LogP contribution in [-0.4, -0.2) is 4.98 Å². The molecule has 0 unspecified atom stereocenters. The Labute approximate surface area is 386 Å². The lowest BCUT2D eigenvalue weighted by atomic mass is 9.82. The van der Waals surface area contributed by atoms with E-state index in [2.05, 4.69) is 248 Å². The van der Waals surface area contributed by atoms with Crippen LogP contribution in [0, 0.1) is 0 Å². The number of fused-ring (bicyclic) bond motifs is 5. The second-order valence-electron chi connectivity index (χ2n) is 17.9. The average Bonchev–Trinajstić information content (AvgIpc) is 3.61. The molecular weight excluding hydrogens is 797 g/mol. The molecule has 0 atom stereocenters. The van der Waals surface area contributed by atoms with Crippen molar-refractivity contribution in [1.82, 2.24) is 4.98 Å². The third-order valence-corrected chi connectivity index (χ3v) is 13.8. The highest BCUT2D eigenvalue weighted by molar-refractivity contribution is 6.10. The third kappa shape index (κ3) is 6.53. The lowest BCUT2D eigenvalue weighted by molar-refractivity contribution is 0.660. The molecule has 10 aromatic carbocycles. The van der Waals surface area contributed by atoms with Crippen LogP contribution >= 0.6 is 0 Å². The van der Waals surface area contributed by atoms with Crippen LogP contribution in [0.1, 0.15) is 25.0 Å². The highest BCUT2D eigenvalue weighted by atomic mass is 15.1. The first kappa shape index (κ1) is 39.3. The van der Waals surface area contributed by atoms with Gasteiger partial charge in [0, 0.05) is 40.2 Å². The van der Waals surface area contributed by atoms with E-state index < -0.39 is 0 Å². The Bertz CT molecular complexity index is 3610. The van der Waals surface area contributed by atoms with Crippen LogP contribution in [0.4, 0.5) is 17.1 Å². The molecule has 1 aliphatic rings. The summed E-state index contributed by atoms with van der Waals surface area (Å²) in [6.45, 7) is 4.71. The highest BCUT2D eigenvalue weighted by Crippen LogP contribution is 2.53. The van der Waals surface area contributed by atoms with Crippen molar-refractivity contribution in [1.29, 1.82) is 0 Å². The summed E-state index contributed by atoms with van der Waals surface area (Å²) < 4.78 is 0. The first-order chi connectivity index (χ1) is 32.5. The zero-order valence-electron chi connectivity index (χ0n) is 37.0. The molecule has 312 valence electrons. The molecular formula is C64H46N2. The van der Waals surface area contributed by atoms with Crippen molar-refractivity contribution in [2.24, 2.45) is 0 Å². The SMILES string of the molecule is CC1(C)c2ccccc2-c2cc(N(c3ccccc3-c3cccc(-c4cccc5ccccc45)c3)c3cccc(-c4cccc5cccc(-c6cccnc6)c45)c3-c3ccccc3)ccc21. The number of pyridine rings is 1. The molecule has 2 heteroatoms. The monoisotopic (exact) mass is 842 g/mol. The smallest absolute Gasteiger partial charge is 0.0546 e. The maximum absolute atomic E-state index is 4.55. The van der Waals surface area contributed by atoms with Gasteiger partial charge in [-0.3, -0.25) is 4.98 Å². The molecule has 0 saturated carbocycles. The van der Waals surface area contributed by atoms with E-state index in [0.717, 1.165) is 56.0 Å². The standard InChI is InChI=1S/C64H46N2/c1-64(2)58-34-10-8-29-54(58)57-41-49(37-38-59(57)64)66(60-35-11-9-28-52(60)47-25-12-24-46(40-47)51-30-13-21-43-18-6-7-27-50(43)51)61-36-16-33-56(63(61)45-19-4-3-5-20-45)55-32-15-23-44-22-14-31-53(62(44)55)48-26-17-39-65-42-48/h3-42H,1-2H3. The van der Waals surface area contributed by atoms with E-state index in [1.54, 1.807) is 0 Å². The van der Waals surface area contributed by atoms with Gasteiger partial charge in [0.15, 0.2) is 0 Å². The Morgan fingerprint density at radius 3 is 1.77 bits per heavy atom. The number of rotatable bonds is 8. The van der Waals surface area contributed by atoms with Gasteiger partial charge in [-0.05, 0) is 119 Å². The maximum atomic E-state index is 4.55. The summed E-state index contributed by atoms with van der Waals surface area (Å²) in [6.07, 6.45) is 3.82. The van der Waals surface area contributed by atoms with Gasteiger partial charge in [0.05, 0.1) is 11.4 Å². The fourth-order valence-corrected chi connectivity index (χ4v) is 10.7. The number of anilines is 3. The van der Waals surface area contributed by atoms with E-state index in [1.165, 1.54) is 60.5 Å². The van der Waals surface area contributed by atoms with E-state index >= 15 is 0 Å². The zero-order chi connectivity index (χ0) is 44.2. The van der Waals surface area contributed by atoms with E-state index in [-0.39, 0.29) is 5.41 Å². The Morgan fingerprint density at radius 1 is 0.364 bits per heavy atom. The Hall–Kier alpha value is -8.33. The molecule has 66 heavy (non-hydrogen) atoms. The van der Waals surface area contributed by atoms with Crippen LogP contribution < -0.4 is 4.90 Å². The molecule has 0 amide bonds. The molecule has 2 nitrogen and oxygen atoms in total. The minimum atomic E-state index is -0.120. The highest BCUT2D eigenvalue weighted by Gasteiger charge is 2.36. The molecule has 0 N–H and O–H groups in total. The average molecular weight is 843 g/mol. The third-order valence-electron chi connectivity index (χ3n) is 13.8. The molecule has 1 heterocycles. The Kier molecular flexibility index (Phi) is 9.54. The summed E-state index contributed by atoms with van der Waals surface area (Å²) in [5, 5.41) is 4.88. The van der Waals surface area contributed by atoms with Crippen LogP contribution in [0.25, 0.3) is 88.3 Å². The molecule has 1 aliphatic carbocycles. The lowest BCUT2D eigenvalue weighted by Gasteiger charge is -2.32. The van der Waals surface area contributed by atoms with Gasteiger partial charge in [0.25, 0.3) is 0 Å². The van der Waals surface area contributed by atoms with E-state index in [9.17, 15) is 0 Å². The Morgan fingerprint density at radius 2 is 0.939 bits per heavy atom. The summed E-state index contributed by atoms with van der Waals surface area (Å²) in [5.74, 6) is 0. The van der Waals surface area contributed by atoms with Gasteiger partial charge in [-0.1, -0.05) is 208 Å². The first-order valence-corrected chi connectivity index (χ1v) is 22.9. The first-order valence-electron chi connectivity index (χ1n) is 22.9. The summed E-state index contributed by atoms with van der Waals surface area (Å²) in [7, 11) is 0. The molecule has 0 fully saturated rings. The zero-order valence-corrected chi connectivity index (χ0v) is 37.0. The number of aromatic nitrogens is 1. The van der Waals surface area contributed by atoms with Crippen molar-refractivity contribution in [3.8, 4) is 66.8 Å². The summed E-state index contributed by atoms with van der Waals surface area (Å²) >= 11 is 0. The molecule has 12 rings (SSSR count). The normalized spacial score (nSPS) is 12.5. The van der Waals surface area contributed by atoms with Gasteiger partial charge in [-0.2, -0.15) is 0 Å². The number of nitrogens with zero attached hydrogens (tertiary/aromatic N) is 2. The van der Waals surface area contributed by atoms with Gasteiger partial charge in [0.2, 0.25) is 0 Å². The van der Waals surface area contributed by atoms with Crippen molar-refractivity contribution in [3.05, 3.63) is 254 Å². The second-order valence-corrected chi connectivity index (χ2v) is 17.9. The Balaban J connectivity index is 1.14. The number of para-hydroxylation sites is 1. The van der Waals surface area contributed by atoms with Crippen LogP contribution in [-0.2, 0) is 5.41 Å². The van der Waals surface area contributed by atoms with Crippen LogP contribution in [0.2, 0.25) is 0 Å². The minimum Gasteiger partial charge on any atom is -0.309 e. The predicted octanol–water partition coefficient (Wildman–Crippen LogP) is 17.5. The van der Waals surface area contributed by atoms with E-state index in [0.29, 0.717) is 0 Å². The maximum Gasteiger partial charge on any atom is 0.0546 e. The quantitative estimate of drug-likeness (QED) is 0.151. The van der Waals surface area contributed by atoms with Crippen molar-refractivity contribution in [2.45, 2.75) is 19.3 Å². The molecule has 0 aliphatic heterocycles. The van der Waals surface area contributed by atoms with Crippen LogP contribution in [0.15, 0.2) is 243 Å². The van der Waals surface area contributed by atoms with E-state index in [4.69, 9.17) is 0 Å². The number of benzene rings is 10. The molecule has 0 saturated heterocycles. The number of hydrogen-bond acceptors (Lipinski definition) is 2. The molecule has 0 radical (unpaired) electrons. The van der Waals surface area contributed by atoms with Crippen molar-refractivity contribution in [2.75, 3.05) is 4.90 Å². The molecule has 1 aromatic heterocycles.